The van der Waals surface area contributed by atoms with Crippen LogP contribution in [-0.4, -0.2) is 38.9 Å². The summed E-state index contributed by atoms with van der Waals surface area (Å²) in [7, 11) is 1.33. The van der Waals surface area contributed by atoms with E-state index in [-0.39, 0.29) is 17.4 Å². The van der Waals surface area contributed by atoms with E-state index in [4.69, 9.17) is 9.47 Å². The van der Waals surface area contributed by atoms with Crippen molar-refractivity contribution in [1.29, 1.82) is 0 Å². The number of hydrogen-bond donors (Lipinski definition) is 0. The van der Waals surface area contributed by atoms with Crippen molar-refractivity contribution in [2.75, 3.05) is 26.9 Å². The van der Waals surface area contributed by atoms with Gasteiger partial charge in [0.2, 0.25) is 0 Å². The zero-order valence-electron chi connectivity index (χ0n) is 12.8. The minimum absolute atomic E-state index is 0.0745. The van der Waals surface area contributed by atoms with Gasteiger partial charge in [0.25, 0.3) is 0 Å². The summed E-state index contributed by atoms with van der Waals surface area (Å²) in [6.07, 6.45) is 0.983. The van der Waals surface area contributed by atoms with Gasteiger partial charge in [-0.1, -0.05) is 20.1 Å². The maximum absolute atomic E-state index is 11.1. The first-order valence-corrected chi connectivity index (χ1v) is 6.42. The zero-order valence-corrected chi connectivity index (χ0v) is 12.8. The van der Waals surface area contributed by atoms with Crippen molar-refractivity contribution in [1.82, 2.24) is 0 Å². The number of hydrogen-bond acceptors (Lipinski definition) is 5. The fourth-order valence-corrected chi connectivity index (χ4v) is 1.30. The van der Waals surface area contributed by atoms with Crippen LogP contribution in [-0.2, 0) is 23.8 Å². The molecule has 1 saturated heterocycles. The monoisotopic (exact) mass is 284 g/mol. The van der Waals surface area contributed by atoms with E-state index in [1.165, 1.54) is 7.11 Å². The second kappa shape index (κ2) is 8.53. The fraction of sp³-hybridized carbons (Fsp3) is 0.600. The predicted molar refractivity (Wildman–Crippen MR) is 76.1 cm³/mol. The molecule has 1 aliphatic heterocycles. The van der Waals surface area contributed by atoms with Gasteiger partial charge in [-0.2, -0.15) is 0 Å². The molecule has 0 aromatic rings. The van der Waals surface area contributed by atoms with Crippen molar-refractivity contribution in [3.05, 3.63) is 24.3 Å². The average Bonchev–Trinajstić information content (AvgIpc) is 2.37. The lowest BCUT2D eigenvalue weighted by molar-refractivity contribution is -0.167. The van der Waals surface area contributed by atoms with Gasteiger partial charge in [0.15, 0.2) is 0 Å². The quantitative estimate of drug-likeness (QED) is 0.572. The Morgan fingerprint density at radius 2 is 1.65 bits per heavy atom. The average molecular weight is 284 g/mol. The van der Waals surface area contributed by atoms with Crippen molar-refractivity contribution in [3.63, 3.8) is 0 Å². The largest absolute Gasteiger partial charge is 0.466 e. The number of esters is 2. The molecule has 1 rings (SSSR count). The third-order valence-electron chi connectivity index (χ3n) is 2.96. The molecule has 0 bridgehead atoms. The van der Waals surface area contributed by atoms with Gasteiger partial charge in [0.05, 0.1) is 25.7 Å². The number of carbonyl (C=O) groups excluding carboxylic acids is 2. The predicted octanol–water partition coefficient (Wildman–Crippen LogP) is 2.27. The summed E-state index contributed by atoms with van der Waals surface area (Å²) in [5.41, 5.74) is 0.958. The van der Waals surface area contributed by atoms with Gasteiger partial charge in [-0.15, -0.1) is 0 Å². The molecule has 1 heterocycles. The minimum Gasteiger partial charge on any atom is -0.466 e. The topological polar surface area (TPSA) is 61.8 Å². The molecule has 1 fully saturated rings. The summed E-state index contributed by atoms with van der Waals surface area (Å²) in [6.45, 7) is 14.1. The highest BCUT2D eigenvalue weighted by Gasteiger charge is 2.38. The van der Waals surface area contributed by atoms with E-state index in [1.807, 2.05) is 0 Å². The van der Waals surface area contributed by atoms with Gasteiger partial charge in [0, 0.05) is 11.1 Å². The van der Waals surface area contributed by atoms with E-state index in [2.05, 4.69) is 24.8 Å². The number of carbonyl (C=O) groups is 2. The van der Waals surface area contributed by atoms with Gasteiger partial charge < -0.3 is 14.2 Å². The van der Waals surface area contributed by atoms with Gasteiger partial charge in [-0.25, -0.2) is 9.59 Å². The van der Waals surface area contributed by atoms with Crippen molar-refractivity contribution < 1.29 is 23.8 Å². The van der Waals surface area contributed by atoms with Crippen LogP contribution in [0.2, 0.25) is 0 Å². The first-order chi connectivity index (χ1) is 9.28. The van der Waals surface area contributed by atoms with Crippen LogP contribution < -0.4 is 0 Å². The number of rotatable bonds is 5. The van der Waals surface area contributed by atoms with Crippen LogP contribution in [0.4, 0.5) is 0 Å². The Morgan fingerprint density at radius 3 is 1.85 bits per heavy atom. The third-order valence-corrected chi connectivity index (χ3v) is 2.96. The molecule has 5 heteroatoms. The van der Waals surface area contributed by atoms with Crippen molar-refractivity contribution in [3.8, 4) is 0 Å². The van der Waals surface area contributed by atoms with Gasteiger partial charge >= 0.3 is 11.9 Å². The molecule has 0 unspecified atom stereocenters. The Kier molecular flexibility index (Phi) is 7.84. The fourth-order valence-electron chi connectivity index (χ4n) is 1.30. The van der Waals surface area contributed by atoms with E-state index in [1.54, 1.807) is 13.8 Å². The van der Waals surface area contributed by atoms with Crippen LogP contribution >= 0.6 is 0 Å². The maximum atomic E-state index is 11.1. The summed E-state index contributed by atoms with van der Waals surface area (Å²) >= 11 is 0. The Hall–Kier alpha value is -1.62. The lowest BCUT2D eigenvalue weighted by atomic mass is 9.84. The van der Waals surface area contributed by atoms with Crippen LogP contribution in [0.1, 0.15) is 27.2 Å². The molecule has 0 amide bonds. The van der Waals surface area contributed by atoms with E-state index >= 15 is 0 Å². The van der Waals surface area contributed by atoms with Crippen LogP contribution in [0, 0.1) is 5.41 Å². The summed E-state index contributed by atoms with van der Waals surface area (Å²) in [4.78, 5) is 21.3. The van der Waals surface area contributed by atoms with Crippen LogP contribution in [0.25, 0.3) is 0 Å². The Balaban J connectivity index is 0.000000441. The van der Waals surface area contributed by atoms with Crippen molar-refractivity contribution in [2.45, 2.75) is 27.2 Å². The highest BCUT2D eigenvalue weighted by molar-refractivity contribution is 5.87. The second-order valence-electron chi connectivity index (χ2n) is 4.97. The van der Waals surface area contributed by atoms with E-state index in [0.29, 0.717) is 31.0 Å². The molecule has 0 saturated carbocycles. The van der Waals surface area contributed by atoms with Crippen molar-refractivity contribution in [2.24, 2.45) is 5.41 Å². The van der Waals surface area contributed by atoms with E-state index in [9.17, 15) is 9.59 Å². The molecule has 0 aliphatic carbocycles. The Bertz CT molecular complexity index is 374. The van der Waals surface area contributed by atoms with E-state index in [0.717, 1.165) is 6.42 Å². The van der Waals surface area contributed by atoms with Gasteiger partial charge in [0.1, 0.15) is 6.61 Å². The molecule has 0 N–H and O–H groups in total. The minimum atomic E-state index is -0.347. The van der Waals surface area contributed by atoms with Crippen LogP contribution in [0.5, 0.6) is 0 Å². The maximum Gasteiger partial charge on any atom is 0.333 e. The van der Waals surface area contributed by atoms with Crippen LogP contribution in [0.3, 0.4) is 0 Å². The lowest BCUT2D eigenvalue weighted by Crippen LogP contribution is -2.46. The summed E-state index contributed by atoms with van der Waals surface area (Å²) in [5.74, 6) is -0.653. The molecule has 0 radical (unpaired) electrons. The van der Waals surface area contributed by atoms with E-state index < -0.39 is 0 Å². The highest BCUT2D eigenvalue weighted by atomic mass is 16.5. The summed E-state index contributed by atoms with van der Waals surface area (Å²) in [5, 5.41) is 0. The Labute approximate surface area is 120 Å². The van der Waals surface area contributed by atoms with Gasteiger partial charge in [-0.3, -0.25) is 0 Å². The molecular formula is C15H24O5. The molecule has 5 nitrogen and oxygen atoms in total. The molecule has 20 heavy (non-hydrogen) atoms. The molecule has 1 aliphatic rings. The molecule has 0 atom stereocenters. The molecule has 114 valence electrons. The highest BCUT2D eigenvalue weighted by Crippen LogP contribution is 2.31. The number of ether oxygens (including phenoxy) is 3. The first-order valence-electron chi connectivity index (χ1n) is 6.42. The third kappa shape index (κ3) is 6.02. The smallest absolute Gasteiger partial charge is 0.333 e. The second-order valence-corrected chi connectivity index (χ2v) is 4.97. The molecule has 0 spiro atoms. The first kappa shape index (κ1) is 18.4. The van der Waals surface area contributed by atoms with Gasteiger partial charge in [-0.05, 0) is 20.3 Å². The summed E-state index contributed by atoms with van der Waals surface area (Å²) in [6, 6.07) is 0. The van der Waals surface area contributed by atoms with Crippen molar-refractivity contribution >= 4 is 11.9 Å². The summed E-state index contributed by atoms with van der Waals surface area (Å²) < 4.78 is 14.5. The lowest BCUT2D eigenvalue weighted by Gasteiger charge is -2.39. The molecule has 0 aromatic carbocycles. The molecule has 0 aromatic heterocycles. The standard InChI is InChI=1S/C10H16O3.C5H8O2/c1-4-10(5-12-6-10)7-13-9(11)8(2)3;1-4(2)5(6)7-3/h2,4-7H2,1,3H3;1H2,2-3H3. The zero-order chi connectivity index (χ0) is 15.8. The van der Waals surface area contributed by atoms with Crippen LogP contribution in [0.15, 0.2) is 24.3 Å². The number of methoxy groups -OCH3 is 1. The Morgan fingerprint density at radius 1 is 1.15 bits per heavy atom. The normalized spacial score (nSPS) is 15.0. The SMILES string of the molecule is C=C(C)C(=O)OC.C=C(C)C(=O)OCC1(CC)COC1. The molecular weight excluding hydrogens is 260 g/mol.